The van der Waals surface area contributed by atoms with E-state index in [0.717, 1.165) is 55.0 Å². The third kappa shape index (κ3) is 13.2. The van der Waals surface area contributed by atoms with Gasteiger partial charge in [0.25, 0.3) is 0 Å². The van der Waals surface area contributed by atoms with Crippen molar-refractivity contribution >= 4 is 74.2 Å². The molecule has 8 N–H and O–H groups in total. The minimum atomic E-state index is -1.19. The number of H-pyrrole nitrogens is 3. The van der Waals surface area contributed by atoms with Gasteiger partial charge >= 0.3 is 12.1 Å². The van der Waals surface area contributed by atoms with E-state index in [1.54, 1.807) is 18.6 Å². The van der Waals surface area contributed by atoms with Gasteiger partial charge in [-0.05, 0) is 72.1 Å². The number of Topliss-reactive ketones (excluding diaryl/α,β-unsaturated/α-hetero) is 1. The first-order valence-electron chi connectivity index (χ1n) is 25.3. The molecule has 17 nitrogen and oxygen atoms in total. The van der Waals surface area contributed by atoms with E-state index in [4.69, 9.17) is 9.47 Å². The summed E-state index contributed by atoms with van der Waals surface area (Å²) in [6, 6.07) is 26.7. The van der Waals surface area contributed by atoms with Crippen LogP contribution in [0.3, 0.4) is 0 Å². The molecule has 4 aromatic carbocycles. The summed E-state index contributed by atoms with van der Waals surface area (Å²) in [6.07, 6.45) is 6.61. The minimum Gasteiger partial charge on any atom is -0.467 e. The van der Waals surface area contributed by atoms with Crippen LogP contribution in [-0.2, 0) is 64.1 Å². The van der Waals surface area contributed by atoms with E-state index in [0.29, 0.717) is 25.7 Å². The summed E-state index contributed by atoms with van der Waals surface area (Å²) < 4.78 is 10.5. The summed E-state index contributed by atoms with van der Waals surface area (Å²) in [5, 5.41) is 16.9. The Morgan fingerprint density at radius 3 is 1.61 bits per heavy atom. The fourth-order valence-electron chi connectivity index (χ4n) is 9.88. The van der Waals surface area contributed by atoms with Gasteiger partial charge in [-0.25, -0.2) is 9.59 Å². The maximum absolute atomic E-state index is 14.6. The number of nitrogens with one attached hydrogen (secondary N) is 8. The Morgan fingerprint density at radius 2 is 1.08 bits per heavy atom. The zero-order valence-corrected chi connectivity index (χ0v) is 41.8. The van der Waals surface area contributed by atoms with Crippen molar-refractivity contribution in [3.05, 3.63) is 144 Å². The zero-order chi connectivity index (χ0) is 52.1. The van der Waals surface area contributed by atoms with E-state index < -0.39 is 71.8 Å². The van der Waals surface area contributed by atoms with Gasteiger partial charge in [0.05, 0.1) is 13.2 Å². The van der Waals surface area contributed by atoms with Crippen molar-refractivity contribution in [1.29, 1.82) is 0 Å². The van der Waals surface area contributed by atoms with Crippen LogP contribution in [0.1, 0.15) is 74.6 Å². The maximum atomic E-state index is 14.6. The van der Waals surface area contributed by atoms with Crippen molar-refractivity contribution in [1.82, 2.24) is 41.5 Å². The molecule has 8 rings (SSSR count). The van der Waals surface area contributed by atoms with E-state index >= 15 is 0 Å². The van der Waals surface area contributed by atoms with Crippen LogP contribution in [0, 0.1) is 11.8 Å². The molecule has 0 bridgehead atoms. The van der Waals surface area contributed by atoms with Crippen LogP contribution in [0.25, 0.3) is 32.7 Å². The third-order valence-electron chi connectivity index (χ3n) is 13.7. The number of rotatable bonds is 22. The fourth-order valence-corrected chi connectivity index (χ4v) is 9.88. The topological polar surface area (TPSA) is 245 Å². The lowest BCUT2D eigenvalue weighted by Gasteiger charge is -2.30. The molecule has 1 saturated carbocycles. The second-order valence-electron chi connectivity index (χ2n) is 19.5. The van der Waals surface area contributed by atoms with Crippen LogP contribution in [0.5, 0.6) is 0 Å². The quantitative estimate of drug-likeness (QED) is 0.0334. The minimum absolute atomic E-state index is 0.0261. The van der Waals surface area contributed by atoms with Crippen molar-refractivity contribution in [3.8, 4) is 0 Å². The molecule has 0 aliphatic heterocycles. The molecule has 3 aromatic heterocycles. The van der Waals surface area contributed by atoms with Crippen molar-refractivity contribution in [3.63, 3.8) is 0 Å². The third-order valence-corrected chi connectivity index (χ3v) is 13.7. The first-order valence-corrected chi connectivity index (χ1v) is 25.3. The lowest BCUT2D eigenvalue weighted by Crippen LogP contribution is -2.57. The van der Waals surface area contributed by atoms with Gasteiger partial charge in [-0.2, -0.15) is 0 Å². The molecule has 5 amide bonds. The van der Waals surface area contributed by atoms with Crippen molar-refractivity contribution in [2.24, 2.45) is 11.8 Å². The van der Waals surface area contributed by atoms with Crippen LogP contribution in [-0.4, -0.2) is 93.7 Å². The van der Waals surface area contributed by atoms with Gasteiger partial charge < -0.3 is 51.0 Å². The molecule has 1 aliphatic rings. The monoisotopic (exact) mass is 1000 g/mol. The number of aromatic amines is 3. The summed E-state index contributed by atoms with van der Waals surface area (Å²) in [7, 11) is 1.26. The van der Waals surface area contributed by atoms with Gasteiger partial charge in [-0.15, -0.1) is 0 Å². The van der Waals surface area contributed by atoms with E-state index in [1.807, 2.05) is 117 Å². The number of alkyl carbamates (subject to hydrolysis) is 1. The second-order valence-corrected chi connectivity index (χ2v) is 19.5. The van der Waals surface area contributed by atoms with Gasteiger partial charge in [0.2, 0.25) is 23.6 Å². The van der Waals surface area contributed by atoms with Crippen LogP contribution >= 0.6 is 0 Å². The molecular weight excluding hydrogens is 941 g/mol. The number of hydrogen-bond acceptors (Lipinski definition) is 9. The molecule has 74 heavy (non-hydrogen) atoms. The maximum Gasteiger partial charge on any atom is 0.408 e. The number of aromatic nitrogens is 3. The van der Waals surface area contributed by atoms with Gasteiger partial charge in [0, 0.05) is 82.9 Å². The normalized spacial score (nSPS) is 16.2. The molecule has 0 saturated heterocycles. The number of ketones is 1. The highest BCUT2D eigenvalue weighted by molar-refractivity contribution is 5.97. The van der Waals surface area contributed by atoms with Crippen molar-refractivity contribution in [2.45, 2.75) is 108 Å². The van der Waals surface area contributed by atoms with Crippen molar-refractivity contribution in [2.75, 3.05) is 7.11 Å². The Kier molecular flexibility index (Phi) is 17.2. The highest BCUT2D eigenvalue weighted by atomic mass is 16.5. The predicted molar refractivity (Wildman–Crippen MR) is 280 cm³/mol. The summed E-state index contributed by atoms with van der Waals surface area (Å²) in [5.74, 6) is -3.58. The largest absolute Gasteiger partial charge is 0.467 e. The Morgan fingerprint density at radius 1 is 0.595 bits per heavy atom. The highest BCUT2D eigenvalue weighted by Crippen LogP contribution is 2.27. The SMILES string of the molecule is COC(=O)[C@H](CC(C)C)NC(=O)[C@H](Cc1c[nH]c2ccccc12)NC(=O)CC[C@H]1CCC[C@@H](NC(=O)[C@H](Cc2c[nH]c3ccccc23)NC(=O)[C@H](Cc2c[nH]c3ccccc23)NC(=O)OCc2ccccc2)C1=O. The first-order chi connectivity index (χ1) is 35.8. The van der Waals surface area contributed by atoms with Gasteiger partial charge in [-0.3, -0.25) is 24.0 Å². The Balaban J connectivity index is 0.959. The smallest absolute Gasteiger partial charge is 0.408 e. The predicted octanol–water partition coefficient (Wildman–Crippen LogP) is 6.76. The zero-order valence-electron chi connectivity index (χ0n) is 41.8. The number of esters is 1. The van der Waals surface area contributed by atoms with Gasteiger partial charge in [0.15, 0.2) is 5.78 Å². The lowest BCUT2D eigenvalue weighted by molar-refractivity contribution is -0.145. The van der Waals surface area contributed by atoms with Crippen LogP contribution < -0.4 is 26.6 Å². The van der Waals surface area contributed by atoms with Crippen molar-refractivity contribution < 1.29 is 43.0 Å². The average molecular weight is 1010 g/mol. The number of methoxy groups -OCH3 is 1. The molecule has 3 heterocycles. The summed E-state index contributed by atoms with van der Waals surface area (Å²) in [5.41, 5.74) is 5.62. The number of para-hydroxylation sites is 3. The molecule has 17 heteroatoms. The fraction of sp³-hybridized carbons (Fsp3) is 0.351. The summed E-state index contributed by atoms with van der Waals surface area (Å²) >= 11 is 0. The number of hydrogen-bond donors (Lipinski definition) is 8. The number of amides is 5. The number of fused-ring (bicyclic) bond motifs is 3. The van der Waals surface area contributed by atoms with E-state index in [2.05, 4.69) is 41.5 Å². The molecule has 0 spiro atoms. The lowest BCUT2D eigenvalue weighted by atomic mass is 9.81. The molecule has 1 aliphatic carbocycles. The molecule has 0 unspecified atom stereocenters. The summed E-state index contributed by atoms with van der Waals surface area (Å²) in [6.45, 7) is 3.82. The Bertz CT molecular complexity index is 3100. The van der Waals surface area contributed by atoms with Crippen LogP contribution in [0.15, 0.2) is 122 Å². The van der Waals surface area contributed by atoms with Gasteiger partial charge in [0.1, 0.15) is 30.8 Å². The van der Waals surface area contributed by atoms with Gasteiger partial charge in [-0.1, -0.05) is 105 Å². The highest BCUT2D eigenvalue weighted by Gasteiger charge is 2.36. The van der Waals surface area contributed by atoms with E-state index in [9.17, 15) is 33.6 Å². The molecular formula is C57H64N8O9. The summed E-state index contributed by atoms with van der Waals surface area (Å²) in [4.78, 5) is 107. The average Bonchev–Trinajstić information content (AvgIpc) is 4.14. The molecule has 1 fully saturated rings. The Labute approximate surface area is 428 Å². The molecule has 386 valence electrons. The number of carbonyl (C=O) groups is 7. The van der Waals surface area contributed by atoms with E-state index in [1.165, 1.54) is 7.11 Å². The molecule has 0 radical (unpaired) electrons. The van der Waals surface area contributed by atoms with Crippen LogP contribution in [0.2, 0.25) is 0 Å². The van der Waals surface area contributed by atoms with E-state index in [-0.39, 0.29) is 50.4 Å². The standard InChI is InChI=1S/C57H64N8O9/c1-34(2)26-50(56(71)73-3)64-53(68)47(27-37-30-58-43-20-10-7-17-40(37)43)61-51(66)25-24-36-16-13-23-46(52(36)67)62-54(69)48(28-38-31-59-44-21-11-8-18-41(38)44)63-55(70)49(29-39-32-60-45-22-12-9-19-42(39)45)65-57(72)74-33-35-14-5-4-6-15-35/h4-12,14-15,17-22,30-32,34,36,46-50,58-60H,13,16,23-29,33H2,1-3H3,(H,61,66)(H,62,69)(H,63,70)(H,64,68)(H,65,72)/t36-,46-,47+,48+,49+,50+/m1/s1. The number of ether oxygens (including phenoxy) is 2. The number of carbonyl (C=O) groups excluding carboxylic acids is 7. The Hall–Kier alpha value is -8.21. The van der Waals surface area contributed by atoms with Crippen LogP contribution in [0.4, 0.5) is 4.79 Å². The first kappa shape index (κ1) is 52.1. The molecule has 6 atom stereocenters. The number of benzene rings is 4. The second kappa shape index (κ2) is 24.5. The molecule has 7 aromatic rings.